The van der Waals surface area contributed by atoms with E-state index in [0.717, 1.165) is 12.8 Å². The van der Waals surface area contributed by atoms with Crippen LogP contribution in [0, 0.1) is 3.57 Å². The van der Waals surface area contributed by atoms with Crippen molar-refractivity contribution in [3.8, 4) is 0 Å². The molecule has 1 rings (SSSR count). The highest BCUT2D eigenvalue weighted by atomic mass is 127. The summed E-state index contributed by atoms with van der Waals surface area (Å²) in [6.07, 6.45) is 3.62. The number of hydrogen-bond donors (Lipinski definition) is 2. The zero-order valence-corrected chi connectivity index (χ0v) is 10.5. The van der Waals surface area contributed by atoms with Gasteiger partial charge in [0.15, 0.2) is 0 Å². The van der Waals surface area contributed by atoms with Gasteiger partial charge in [-0.15, -0.1) is 0 Å². The standard InChI is InChI=1S/C9H14IN3O/c1-3-4-6(2)13-8-7(10)9(14)12-5-11-8/h5-6H,3-4H2,1-2H3,(H2,11,12,13,14). The van der Waals surface area contributed by atoms with Gasteiger partial charge >= 0.3 is 0 Å². The number of nitrogens with zero attached hydrogens (tertiary/aromatic N) is 1. The molecule has 0 bridgehead atoms. The Hall–Kier alpha value is -0.590. The third-order valence-corrected chi connectivity index (χ3v) is 2.90. The Morgan fingerprint density at radius 3 is 3.07 bits per heavy atom. The Morgan fingerprint density at radius 2 is 2.43 bits per heavy atom. The van der Waals surface area contributed by atoms with Gasteiger partial charge in [-0.3, -0.25) is 4.79 Å². The van der Waals surface area contributed by atoms with E-state index in [1.807, 2.05) is 22.6 Å². The summed E-state index contributed by atoms with van der Waals surface area (Å²) in [5.74, 6) is 0.676. The lowest BCUT2D eigenvalue weighted by atomic mass is 10.2. The maximum Gasteiger partial charge on any atom is 0.266 e. The molecule has 0 fully saturated rings. The Morgan fingerprint density at radius 1 is 1.71 bits per heavy atom. The third kappa shape index (κ3) is 2.97. The first-order valence-corrected chi connectivity index (χ1v) is 5.72. The molecule has 2 N–H and O–H groups in total. The predicted octanol–water partition coefficient (Wildman–Crippen LogP) is 1.97. The summed E-state index contributed by atoms with van der Waals surface area (Å²) in [5, 5.41) is 3.21. The van der Waals surface area contributed by atoms with Gasteiger partial charge in [0, 0.05) is 6.04 Å². The lowest BCUT2D eigenvalue weighted by Gasteiger charge is -2.13. The molecule has 1 atom stereocenters. The molecule has 5 heteroatoms. The normalized spacial score (nSPS) is 12.5. The highest BCUT2D eigenvalue weighted by Crippen LogP contribution is 2.11. The van der Waals surface area contributed by atoms with Gasteiger partial charge in [-0.05, 0) is 35.9 Å². The predicted molar refractivity (Wildman–Crippen MR) is 65.6 cm³/mol. The number of aromatic amines is 1. The van der Waals surface area contributed by atoms with Crippen LogP contribution in [-0.4, -0.2) is 16.0 Å². The number of anilines is 1. The van der Waals surface area contributed by atoms with Gasteiger partial charge in [-0.1, -0.05) is 13.3 Å². The van der Waals surface area contributed by atoms with Crippen LogP contribution in [0.1, 0.15) is 26.7 Å². The summed E-state index contributed by atoms with van der Waals surface area (Å²) < 4.78 is 0.619. The van der Waals surface area contributed by atoms with Crippen molar-refractivity contribution >= 4 is 28.4 Å². The van der Waals surface area contributed by atoms with E-state index < -0.39 is 0 Å². The Labute approximate surface area is 96.7 Å². The summed E-state index contributed by atoms with van der Waals surface area (Å²) in [6.45, 7) is 4.22. The van der Waals surface area contributed by atoms with E-state index in [1.54, 1.807) is 0 Å². The first-order chi connectivity index (χ1) is 6.65. The lowest BCUT2D eigenvalue weighted by Crippen LogP contribution is -2.20. The van der Waals surface area contributed by atoms with Crippen LogP contribution >= 0.6 is 22.6 Å². The fourth-order valence-electron chi connectivity index (χ4n) is 1.22. The van der Waals surface area contributed by atoms with Crippen molar-refractivity contribution in [3.05, 3.63) is 20.3 Å². The molecule has 1 heterocycles. The smallest absolute Gasteiger partial charge is 0.266 e. The molecule has 0 aliphatic carbocycles. The molecule has 14 heavy (non-hydrogen) atoms. The highest BCUT2D eigenvalue weighted by Gasteiger charge is 2.07. The summed E-state index contributed by atoms with van der Waals surface area (Å²) >= 11 is 2.00. The summed E-state index contributed by atoms with van der Waals surface area (Å²) in [5.41, 5.74) is -0.0909. The van der Waals surface area contributed by atoms with Crippen LogP contribution in [0.3, 0.4) is 0 Å². The minimum Gasteiger partial charge on any atom is -0.367 e. The zero-order valence-electron chi connectivity index (χ0n) is 8.30. The minimum absolute atomic E-state index is 0.0909. The van der Waals surface area contributed by atoms with Crippen LogP contribution in [0.5, 0.6) is 0 Å². The van der Waals surface area contributed by atoms with Crippen molar-refractivity contribution in [1.29, 1.82) is 0 Å². The molecular formula is C9H14IN3O. The number of hydrogen-bond acceptors (Lipinski definition) is 3. The number of halogens is 1. The molecule has 0 saturated heterocycles. The summed E-state index contributed by atoms with van der Waals surface area (Å²) in [4.78, 5) is 17.9. The Balaban J connectivity index is 2.76. The fraction of sp³-hybridized carbons (Fsp3) is 0.556. The van der Waals surface area contributed by atoms with Gasteiger partial charge < -0.3 is 10.3 Å². The van der Waals surface area contributed by atoms with E-state index in [4.69, 9.17) is 0 Å². The first-order valence-electron chi connectivity index (χ1n) is 4.64. The lowest BCUT2D eigenvalue weighted by molar-refractivity contribution is 0.686. The highest BCUT2D eigenvalue weighted by molar-refractivity contribution is 14.1. The molecule has 1 aromatic rings. The van der Waals surface area contributed by atoms with Crippen LogP contribution in [-0.2, 0) is 0 Å². The molecular weight excluding hydrogens is 293 g/mol. The summed E-state index contributed by atoms with van der Waals surface area (Å²) in [7, 11) is 0. The SMILES string of the molecule is CCCC(C)Nc1nc[nH]c(=O)c1I. The van der Waals surface area contributed by atoms with Crippen LogP contribution in [0.25, 0.3) is 0 Å². The van der Waals surface area contributed by atoms with E-state index in [0.29, 0.717) is 15.4 Å². The number of rotatable bonds is 4. The van der Waals surface area contributed by atoms with Gasteiger partial charge in [0.2, 0.25) is 0 Å². The molecule has 0 aromatic carbocycles. The molecule has 78 valence electrons. The molecule has 0 aliphatic heterocycles. The summed E-state index contributed by atoms with van der Waals surface area (Å²) in [6, 6.07) is 0.350. The van der Waals surface area contributed by atoms with E-state index in [9.17, 15) is 4.79 Å². The molecule has 0 saturated carbocycles. The van der Waals surface area contributed by atoms with Gasteiger partial charge in [0.1, 0.15) is 9.39 Å². The van der Waals surface area contributed by atoms with Crippen molar-refractivity contribution in [1.82, 2.24) is 9.97 Å². The molecule has 0 amide bonds. The van der Waals surface area contributed by atoms with Gasteiger partial charge in [-0.2, -0.15) is 0 Å². The van der Waals surface area contributed by atoms with E-state index >= 15 is 0 Å². The van der Waals surface area contributed by atoms with Crippen LogP contribution in [0.2, 0.25) is 0 Å². The fourth-order valence-corrected chi connectivity index (χ4v) is 1.67. The molecule has 0 radical (unpaired) electrons. The van der Waals surface area contributed by atoms with Crippen LogP contribution < -0.4 is 10.9 Å². The average Bonchev–Trinajstić information content (AvgIpc) is 2.13. The van der Waals surface area contributed by atoms with Crippen LogP contribution in [0.4, 0.5) is 5.82 Å². The topological polar surface area (TPSA) is 57.8 Å². The van der Waals surface area contributed by atoms with Gasteiger partial charge in [0.05, 0.1) is 6.33 Å². The number of nitrogens with one attached hydrogen (secondary N) is 2. The zero-order chi connectivity index (χ0) is 10.6. The quantitative estimate of drug-likeness (QED) is 0.836. The first kappa shape index (κ1) is 11.5. The Bertz CT molecular complexity index is 350. The minimum atomic E-state index is -0.0909. The maximum atomic E-state index is 11.2. The van der Waals surface area contributed by atoms with Gasteiger partial charge in [0.25, 0.3) is 5.56 Å². The molecule has 4 nitrogen and oxygen atoms in total. The molecule has 0 spiro atoms. The van der Waals surface area contributed by atoms with E-state index in [2.05, 4.69) is 29.1 Å². The monoisotopic (exact) mass is 307 g/mol. The van der Waals surface area contributed by atoms with Gasteiger partial charge in [-0.25, -0.2) is 4.98 Å². The van der Waals surface area contributed by atoms with Crippen molar-refractivity contribution in [2.24, 2.45) is 0 Å². The van der Waals surface area contributed by atoms with E-state index in [-0.39, 0.29) is 5.56 Å². The van der Waals surface area contributed by atoms with Crippen LogP contribution in [0.15, 0.2) is 11.1 Å². The van der Waals surface area contributed by atoms with Crippen molar-refractivity contribution in [2.45, 2.75) is 32.7 Å². The third-order valence-electron chi connectivity index (χ3n) is 1.90. The number of aromatic nitrogens is 2. The molecule has 1 unspecified atom stereocenters. The molecule has 1 aromatic heterocycles. The van der Waals surface area contributed by atoms with Crippen molar-refractivity contribution in [3.63, 3.8) is 0 Å². The molecule has 0 aliphatic rings. The van der Waals surface area contributed by atoms with Crippen molar-refractivity contribution < 1.29 is 0 Å². The second-order valence-electron chi connectivity index (χ2n) is 3.23. The van der Waals surface area contributed by atoms with Crippen molar-refractivity contribution in [2.75, 3.05) is 5.32 Å². The van der Waals surface area contributed by atoms with E-state index in [1.165, 1.54) is 6.33 Å². The Kier molecular flexibility index (Phi) is 4.37. The second kappa shape index (κ2) is 5.33. The average molecular weight is 307 g/mol. The second-order valence-corrected chi connectivity index (χ2v) is 4.31. The maximum absolute atomic E-state index is 11.2. The number of H-pyrrole nitrogens is 1. The largest absolute Gasteiger partial charge is 0.367 e.